The number of hydrogen-bond acceptors (Lipinski definition) is 5. The fourth-order valence-electron chi connectivity index (χ4n) is 3.50. The van der Waals surface area contributed by atoms with Gasteiger partial charge in [-0.25, -0.2) is 4.98 Å². The molecule has 4 rings (SSSR count). The van der Waals surface area contributed by atoms with Crippen LogP contribution in [0.2, 0.25) is 0 Å². The summed E-state index contributed by atoms with van der Waals surface area (Å²) in [6, 6.07) is 11.7. The molecule has 2 aromatic heterocycles. The molecule has 6 nitrogen and oxygen atoms in total. The van der Waals surface area contributed by atoms with Crippen molar-refractivity contribution in [3.63, 3.8) is 0 Å². The highest BCUT2D eigenvalue weighted by Crippen LogP contribution is 2.29. The number of rotatable bonds is 4. The molecule has 1 amide bonds. The van der Waals surface area contributed by atoms with Gasteiger partial charge in [-0.1, -0.05) is 12.1 Å². The summed E-state index contributed by atoms with van der Waals surface area (Å²) < 4.78 is 10.7. The molecule has 1 aliphatic rings. The largest absolute Gasteiger partial charge is 0.494 e. The second-order valence-corrected chi connectivity index (χ2v) is 6.81. The molecule has 0 aliphatic carbocycles. The number of hydrogen-bond donors (Lipinski definition) is 0. The molecule has 0 bridgehead atoms. The predicted molar refractivity (Wildman–Crippen MR) is 110 cm³/mol. The van der Waals surface area contributed by atoms with E-state index in [0.29, 0.717) is 18.8 Å². The Morgan fingerprint density at radius 3 is 2.71 bits per heavy atom. The quantitative estimate of drug-likeness (QED) is 0.651. The molecule has 3 aromatic rings. The summed E-state index contributed by atoms with van der Waals surface area (Å²) >= 11 is 0. The average molecular weight is 377 g/mol. The van der Waals surface area contributed by atoms with Crippen molar-refractivity contribution < 1.29 is 13.9 Å². The molecule has 0 saturated carbocycles. The van der Waals surface area contributed by atoms with Crippen molar-refractivity contribution in [2.24, 2.45) is 0 Å². The van der Waals surface area contributed by atoms with Crippen molar-refractivity contribution >= 4 is 28.7 Å². The van der Waals surface area contributed by atoms with E-state index in [4.69, 9.17) is 14.1 Å². The minimum Gasteiger partial charge on any atom is -0.494 e. The highest BCUT2D eigenvalue weighted by molar-refractivity contribution is 5.92. The van der Waals surface area contributed by atoms with E-state index in [1.165, 1.54) is 5.56 Å². The Bertz CT molecular complexity index is 1000. The first kappa shape index (κ1) is 18.1. The lowest BCUT2D eigenvalue weighted by Gasteiger charge is -2.35. The normalized spacial score (nSPS) is 14.8. The van der Waals surface area contributed by atoms with Crippen molar-refractivity contribution in [3.8, 4) is 5.75 Å². The summed E-state index contributed by atoms with van der Waals surface area (Å²) in [5.41, 5.74) is 2.04. The number of pyridine rings is 1. The van der Waals surface area contributed by atoms with Crippen LogP contribution in [0.5, 0.6) is 5.75 Å². The van der Waals surface area contributed by atoms with Gasteiger partial charge in [-0.2, -0.15) is 0 Å². The summed E-state index contributed by atoms with van der Waals surface area (Å²) in [6.45, 7) is 4.89. The van der Waals surface area contributed by atoms with Crippen LogP contribution >= 0.6 is 0 Å². The number of ether oxygens (including phenoxy) is 1. The van der Waals surface area contributed by atoms with Gasteiger partial charge in [0, 0.05) is 37.6 Å². The number of fused-ring (bicyclic) bond motifs is 1. The third kappa shape index (κ3) is 3.58. The molecule has 1 saturated heterocycles. The lowest BCUT2D eigenvalue weighted by molar-refractivity contribution is -0.126. The summed E-state index contributed by atoms with van der Waals surface area (Å²) in [6.07, 6.45) is 4.86. The van der Waals surface area contributed by atoms with Crippen molar-refractivity contribution in [1.82, 2.24) is 9.88 Å². The van der Waals surface area contributed by atoms with Gasteiger partial charge in [-0.15, -0.1) is 0 Å². The summed E-state index contributed by atoms with van der Waals surface area (Å²) in [5.74, 6) is 2.38. The highest BCUT2D eigenvalue weighted by Gasteiger charge is 2.21. The predicted octanol–water partition coefficient (Wildman–Crippen LogP) is 3.51. The van der Waals surface area contributed by atoms with Gasteiger partial charge in [0.1, 0.15) is 22.8 Å². The van der Waals surface area contributed by atoms with E-state index in [9.17, 15) is 4.79 Å². The molecule has 0 atom stereocenters. The van der Waals surface area contributed by atoms with E-state index in [1.807, 2.05) is 23.1 Å². The number of benzene rings is 1. The molecule has 6 heteroatoms. The lowest BCUT2D eigenvalue weighted by atomic mass is 10.1. The van der Waals surface area contributed by atoms with Gasteiger partial charge < -0.3 is 19.0 Å². The van der Waals surface area contributed by atoms with Crippen molar-refractivity contribution in [3.05, 3.63) is 60.1 Å². The number of amides is 1. The summed E-state index contributed by atoms with van der Waals surface area (Å²) in [5, 5.41) is 1.10. The number of carbonyl (C=O) groups is 1. The minimum absolute atomic E-state index is 0.000343. The number of furan rings is 1. The molecule has 144 valence electrons. The molecule has 1 aromatic carbocycles. The van der Waals surface area contributed by atoms with E-state index in [2.05, 4.69) is 24.0 Å². The average Bonchev–Trinajstić information content (AvgIpc) is 3.25. The topological polar surface area (TPSA) is 58.8 Å². The van der Waals surface area contributed by atoms with Crippen LogP contribution in [-0.4, -0.2) is 49.1 Å². The Hall–Kier alpha value is -3.28. The van der Waals surface area contributed by atoms with Gasteiger partial charge in [0.05, 0.1) is 13.4 Å². The third-order valence-electron chi connectivity index (χ3n) is 5.06. The number of carbonyl (C=O) groups excluding carboxylic acids is 1. The van der Waals surface area contributed by atoms with Crippen LogP contribution < -0.4 is 9.64 Å². The van der Waals surface area contributed by atoms with Crippen LogP contribution in [0, 0.1) is 6.92 Å². The third-order valence-corrected chi connectivity index (χ3v) is 5.06. The molecule has 0 radical (unpaired) electrons. The summed E-state index contributed by atoms with van der Waals surface area (Å²) in [4.78, 5) is 21.3. The van der Waals surface area contributed by atoms with Crippen LogP contribution in [0.15, 0.2) is 53.2 Å². The number of anilines is 1. The smallest absolute Gasteiger partial charge is 0.246 e. The Labute approximate surface area is 164 Å². The number of aryl methyl sites for hydroxylation is 1. The lowest BCUT2D eigenvalue weighted by Crippen LogP contribution is -2.48. The maximum absolute atomic E-state index is 12.4. The Balaban J connectivity index is 1.47. The van der Waals surface area contributed by atoms with Crippen molar-refractivity contribution in [2.45, 2.75) is 6.92 Å². The fraction of sp³-hybridized carbons (Fsp3) is 0.273. The summed E-state index contributed by atoms with van der Waals surface area (Å²) in [7, 11) is 1.67. The number of nitrogens with zero attached hydrogens (tertiary/aromatic N) is 3. The minimum atomic E-state index is 0.000343. The van der Waals surface area contributed by atoms with E-state index < -0.39 is 0 Å². The van der Waals surface area contributed by atoms with Crippen molar-refractivity contribution in [2.75, 3.05) is 38.2 Å². The van der Waals surface area contributed by atoms with Gasteiger partial charge in [0.15, 0.2) is 0 Å². The van der Waals surface area contributed by atoms with Crippen molar-refractivity contribution in [1.29, 1.82) is 0 Å². The van der Waals surface area contributed by atoms with Crippen LogP contribution in [-0.2, 0) is 4.79 Å². The molecular weight excluding hydrogens is 354 g/mol. The van der Waals surface area contributed by atoms with Crippen LogP contribution in [0.4, 0.5) is 5.82 Å². The zero-order valence-electron chi connectivity index (χ0n) is 16.1. The first-order valence-corrected chi connectivity index (χ1v) is 9.35. The van der Waals surface area contributed by atoms with Gasteiger partial charge in [-0.05, 0) is 42.8 Å². The fourth-order valence-corrected chi connectivity index (χ4v) is 3.50. The molecule has 1 aliphatic heterocycles. The zero-order valence-corrected chi connectivity index (χ0v) is 16.1. The molecular formula is C22H23N3O3. The molecule has 28 heavy (non-hydrogen) atoms. The molecule has 1 fully saturated rings. The number of para-hydroxylation sites is 1. The van der Waals surface area contributed by atoms with Crippen LogP contribution in [0.3, 0.4) is 0 Å². The first-order valence-electron chi connectivity index (χ1n) is 9.35. The maximum Gasteiger partial charge on any atom is 0.246 e. The Morgan fingerprint density at radius 2 is 2.00 bits per heavy atom. The molecule has 3 heterocycles. The maximum atomic E-state index is 12.4. The standard InChI is InChI=1S/C22H23N3O3/c1-16-15-20(23-22-18(16)6-3-7-19(22)27-2)24-10-12-25(13-11-24)21(26)9-8-17-5-4-14-28-17/h3-9,14-15H,10-13H2,1-2H3/b9-8+. The monoisotopic (exact) mass is 377 g/mol. The molecule has 0 N–H and O–H groups in total. The SMILES string of the molecule is COc1cccc2c(C)cc(N3CCN(C(=O)/C=C/c4ccco4)CC3)nc12. The van der Waals surface area contributed by atoms with Gasteiger partial charge in [-0.3, -0.25) is 4.79 Å². The Kier molecular flexibility index (Phi) is 5.02. The van der Waals surface area contributed by atoms with E-state index in [-0.39, 0.29) is 5.91 Å². The number of methoxy groups -OCH3 is 1. The zero-order chi connectivity index (χ0) is 19.5. The molecule has 0 unspecified atom stereocenters. The van der Waals surface area contributed by atoms with Gasteiger partial charge in [0.25, 0.3) is 0 Å². The van der Waals surface area contributed by atoms with Gasteiger partial charge >= 0.3 is 0 Å². The Morgan fingerprint density at radius 1 is 1.18 bits per heavy atom. The van der Waals surface area contributed by atoms with Crippen LogP contribution in [0.1, 0.15) is 11.3 Å². The number of piperazine rings is 1. The van der Waals surface area contributed by atoms with E-state index in [0.717, 1.165) is 35.6 Å². The van der Waals surface area contributed by atoms with E-state index >= 15 is 0 Å². The second-order valence-electron chi connectivity index (χ2n) is 6.81. The highest BCUT2D eigenvalue weighted by atomic mass is 16.5. The van der Waals surface area contributed by atoms with E-state index in [1.54, 1.807) is 31.6 Å². The first-order chi connectivity index (χ1) is 13.7. The molecule has 0 spiro atoms. The van der Waals surface area contributed by atoms with Gasteiger partial charge in [0.2, 0.25) is 5.91 Å². The number of aromatic nitrogens is 1. The second kappa shape index (κ2) is 7.76. The van der Waals surface area contributed by atoms with Crippen LogP contribution in [0.25, 0.3) is 17.0 Å².